The first-order chi connectivity index (χ1) is 8.08. The number of para-hydroxylation sites is 1. The zero-order valence-corrected chi connectivity index (χ0v) is 11.2. The average Bonchev–Trinajstić information content (AvgIpc) is 2.57. The molecule has 1 fully saturated rings. The van der Waals surface area contributed by atoms with Crippen LogP contribution in [0.3, 0.4) is 0 Å². The summed E-state index contributed by atoms with van der Waals surface area (Å²) >= 11 is 3.46. The Morgan fingerprint density at radius 3 is 2.88 bits per heavy atom. The number of carbonyl (C=O) groups excluding carboxylic acids is 1. The fourth-order valence-corrected chi connectivity index (χ4v) is 2.55. The maximum Gasteiger partial charge on any atom is 0.415 e. The third-order valence-electron chi connectivity index (χ3n) is 3.01. The molecule has 2 rings (SSSR count). The van der Waals surface area contributed by atoms with E-state index in [0.29, 0.717) is 19.6 Å². The fourth-order valence-electron chi connectivity index (χ4n) is 2.08. The van der Waals surface area contributed by atoms with Crippen molar-refractivity contribution in [1.29, 1.82) is 0 Å². The average molecular weight is 299 g/mol. The highest BCUT2D eigenvalue weighted by Crippen LogP contribution is 2.36. The van der Waals surface area contributed by atoms with Gasteiger partial charge < -0.3 is 10.5 Å². The molecule has 4 nitrogen and oxygen atoms in total. The van der Waals surface area contributed by atoms with Crippen LogP contribution in [0.1, 0.15) is 13.3 Å². The van der Waals surface area contributed by atoms with Crippen LogP contribution in [0.25, 0.3) is 0 Å². The molecule has 0 aliphatic carbocycles. The number of benzene rings is 1. The first-order valence-electron chi connectivity index (χ1n) is 5.50. The molecule has 0 radical (unpaired) electrons. The van der Waals surface area contributed by atoms with Crippen LogP contribution < -0.4 is 10.6 Å². The number of hydrogen-bond donors (Lipinski definition) is 1. The second-order valence-electron chi connectivity index (χ2n) is 4.38. The van der Waals surface area contributed by atoms with Gasteiger partial charge in [0.25, 0.3) is 0 Å². The largest absolute Gasteiger partial charge is 0.447 e. The van der Waals surface area contributed by atoms with Crippen LogP contribution in [-0.2, 0) is 4.74 Å². The summed E-state index contributed by atoms with van der Waals surface area (Å²) in [6.07, 6.45) is 0.396. The van der Waals surface area contributed by atoms with Gasteiger partial charge in [-0.25, -0.2) is 4.79 Å². The van der Waals surface area contributed by atoms with E-state index in [4.69, 9.17) is 10.5 Å². The summed E-state index contributed by atoms with van der Waals surface area (Å²) in [5.74, 6) is 0. The standard InChI is InChI=1S/C12H15BrN2O2/c1-12(6-7-14)8-17-11(16)15(12)10-5-3-2-4-9(10)13/h2-5H,6-8,14H2,1H3. The highest BCUT2D eigenvalue weighted by atomic mass is 79.9. The molecule has 1 amide bonds. The van der Waals surface area contributed by atoms with Crippen molar-refractivity contribution in [3.63, 3.8) is 0 Å². The summed E-state index contributed by atoms with van der Waals surface area (Å²) in [6, 6.07) is 7.61. The number of rotatable bonds is 3. The monoisotopic (exact) mass is 298 g/mol. The van der Waals surface area contributed by atoms with Gasteiger partial charge in [0.1, 0.15) is 6.61 Å². The van der Waals surface area contributed by atoms with Crippen LogP contribution in [0.4, 0.5) is 10.5 Å². The van der Waals surface area contributed by atoms with E-state index >= 15 is 0 Å². The van der Waals surface area contributed by atoms with Gasteiger partial charge in [0.2, 0.25) is 0 Å². The van der Waals surface area contributed by atoms with E-state index in [9.17, 15) is 4.79 Å². The van der Waals surface area contributed by atoms with Gasteiger partial charge in [-0.05, 0) is 48.0 Å². The van der Waals surface area contributed by atoms with Crippen molar-refractivity contribution in [3.05, 3.63) is 28.7 Å². The molecule has 1 aromatic carbocycles. The topological polar surface area (TPSA) is 55.6 Å². The van der Waals surface area contributed by atoms with E-state index in [2.05, 4.69) is 15.9 Å². The maximum absolute atomic E-state index is 11.9. The van der Waals surface area contributed by atoms with Gasteiger partial charge in [-0.2, -0.15) is 0 Å². The molecule has 1 aliphatic heterocycles. The van der Waals surface area contributed by atoms with Gasteiger partial charge in [-0.15, -0.1) is 0 Å². The van der Waals surface area contributed by atoms with Crippen LogP contribution >= 0.6 is 15.9 Å². The Labute approximate surface area is 109 Å². The molecule has 0 spiro atoms. The lowest BCUT2D eigenvalue weighted by Crippen LogP contribution is -2.46. The maximum atomic E-state index is 11.9. The van der Waals surface area contributed by atoms with E-state index < -0.39 is 0 Å². The Balaban J connectivity index is 2.41. The van der Waals surface area contributed by atoms with Crippen molar-refractivity contribution < 1.29 is 9.53 Å². The van der Waals surface area contributed by atoms with Crippen molar-refractivity contribution >= 4 is 27.7 Å². The predicted molar refractivity (Wildman–Crippen MR) is 70.0 cm³/mol. The number of cyclic esters (lactones) is 1. The molecule has 17 heavy (non-hydrogen) atoms. The van der Waals surface area contributed by atoms with E-state index in [1.54, 1.807) is 4.90 Å². The number of amides is 1. The Hall–Kier alpha value is -1.07. The Morgan fingerprint density at radius 2 is 2.24 bits per heavy atom. The molecule has 0 bridgehead atoms. The number of anilines is 1. The molecular weight excluding hydrogens is 284 g/mol. The minimum absolute atomic E-state index is 0.312. The lowest BCUT2D eigenvalue weighted by molar-refractivity contribution is 0.173. The molecule has 5 heteroatoms. The molecule has 1 heterocycles. The zero-order valence-electron chi connectivity index (χ0n) is 9.65. The van der Waals surface area contributed by atoms with Crippen molar-refractivity contribution in [3.8, 4) is 0 Å². The summed E-state index contributed by atoms with van der Waals surface area (Å²) in [7, 11) is 0. The molecule has 2 N–H and O–H groups in total. The third-order valence-corrected chi connectivity index (χ3v) is 3.68. The van der Waals surface area contributed by atoms with E-state index in [1.165, 1.54) is 0 Å². The summed E-state index contributed by atoms with van der Waals surface area (Å²) in [4.78, 5) is 13.5. The summed E-state index contributed by atoms with van der Waals surface area (Å²) in [6.45, 7) is 2.89. The SMILES string of the molecule is CC1(CCN)COC(=O)N1c1ccccc1Br. The lowest BCUT2D eigenvalue weighted by atomic mass is 9.97. The minimum Gasteiger partial charge on any atom is -0.447 e. The minimum atomic E-state index is -0.365. The predicted octanol–water partition coefficient (Wildman–Crippen LogP) is 2.51. The van der Waals surface area contributed by atoms with E-state index in [-0.39, 0.29) is 11.6 Å². The second-order valence-corrected chi connectivity index (χ2v) is 5.23. The molecule has 1 saturated heterocycles. The highest BCUT2D eigenvalue weighted by Gasteiger charge is 2.44. The molecule has 1 aromatic rings. The van der Waals surface area contributed by atoms with Crippen molar-refractivity contribution in [2.45, 2.75) is 18.9 Å². The van der Waals surface area contributed by atoms with Gasteiger partial charge >= 0.3 is 6.09 Å². The molecule has 1 aliphatic rings. The summed E-state index contributed by atoms with van der Waals surface area (Å²) < 4.78 is 6.03. The first kappa shape index (κ1) is 12.4. The van der Waals surface area contributed by atoms with Crippen molar-refractivity contribution in [1.82, 2.24) is 0 Å². The van der Waals surface area contributed by atoms with Gasteiger partial charge in [-0.1, -0.05) is 12.1 Å². The summed E-state index contributed by atoms with van der Waals surface area (Å²) in [5.41, 5.74) is 6.07. The van der Waals surface area contributed by atoms with Crippen LogP contribution in [0.5, 0.6) is 0 Å². The van der Waals surface area contributed by atoms with Gasteiger partial charge in [0.05, 0.1) is 11.2 Å². The van der Waals surface area contributed by atoms with Crippen molar-refractivity contribution in [2.24, 2.45) is 5.73 Å². The fraction of sp³-hybridized carbons (Fsp3) is 0.417. The van der Waals surface area contributed by atoms with Crippen LogP contribution in [0.2, 0.25) is 0 Å². The second kappa shape index (κ2) is 4.66. The van der Waals surface area contributed by atoms with Crippen LogP contribution in [0, 0.1) is 0 Å². The normalized spacial score (nSPS) is 23.9. The number of nitrogens with zero attached hydrogens (tertiary/aromatic N) is 1. The summed E-state index contributed by atoms with van der Waals surface area (Å²) in [5, 5.41) is 0. The van der Waals surface area contributed by atoms with Gasteiger partial charge in [0.15, 0.2) is 0 Å². The molecule has 92 valence electrons. The molecule has 1 unspecified atom stereocenters. The smallest absolute Gasteiger partial charge is 0.415 e. The van der Waals surface area contributed by atoms with Crippen LogP contribution in [0.15, 0.2) is 28.7 Å². The lowest BCUT2D eigenvalue weighted by Gasteiger charge is -2.32. The Bertz CT molecular complexity index is 438. The quantitative estimate of drug-likeness (QED) is 0.933. The molecular formula is C12H15BrN2O2. The molecule has 0 saturated carbocycles. The van der Waals surface area contributed by atoms with Crippen LogP contribution in [-0.4, -0.2) is 24.8 Å². The number of ether oxygens (including phenoxy) is 1. The first-order valence-corrected chi connectivity index (χ1v) is 6.29. The number of nitrogens with two attached hydrogens (primary N) is 1. The van der Waals surface area contributed by atoms with Gasteiger partial charge in [0, 0.05) is 4.47 Å². The Kier molecular flexibility index (Phi) is 3.40. The zero-order chi connectivity index (χ0) is 12.5. The van der Waals surface area contributed by atoms with Gasteiger partial charge in [-0.3, -0.25) is 4.90 Å². The van der Waals surface area contributed by atoms with Crippen molar-refractivity contribution in [2.75, 3.05) is 18.1 Å². The number of hydrogen-bond acceptors (Lipinski definition) is 3. The highest BCUT2D eigenvalue weighted by molar-refractivity contribution is 9.10. The molecule has 1 atom stereocenters. The number of carbonyl (C=O) groups is 1. The Morgan fingerprint density at radius 1 is 1.53 bits per heavy atom. The van der Waals surface area contributed by atoms with E-state index in [1.807, 2.05) is 31.2 Å². The van der Waals surface area contributed by atoms with E-state index in [0.717, 1.165) is 10.2 Å². The number of halogens is 1. The molecule has 0 aromatic heterocycles. The third kappa shape index (κ3) is 2.17.